The molecule has 0 unspecified atom stereocenters. The van der Waals surface area contributed by atoms with Crippen LogP contribution in [0.5, 0.6) is 11.5 Å². The molecule has 3 nitrogen and oxygen atoms in total. The first kappa shape index (κ1) is 16.0. The normalized spacial score (nSPS) is 10.3. The molecule has 2 aromatic rings. The van der Waals surface area contributed by atoms with Crippen LogP contribution < -0.4 is 14.8 Å². The van der Waals surface area contributed by atoms with E-state index in [4.69, 9.17) is 21.1 Å². The van der Waals surface area contributed by atoms with Gasteiger partial charge in [0.15, 0.2) is 11.5 Å². The van der Waals surface area contributed by atoms with E-state index in [0.717, 1.165) is 15.7 Å². The molecule has 0 saturated heterocycles. The van der Waals surface area contributed by atoms with Crippen molar-refractivity contribution >= 4 is 33.2 Å². The molecule has 2 aromatic carbocycles. The average molecular weight is 371 g/mol. The summed E-state index contributed by atoms with van der Waals surface area (Å²) >= 11 is 9.75. The van der Waals surface area contributed by atoms with Gasteiger partial charge in [0.1, 0.15) is 0 Å². The van der Waals surface area contributed by atoms with Gasteiger partial charge in [-0.25, -0.2) is 0 Å². The fourth-order valence-electron chi connectivity index (χ4n) is 2.05. The third kappa shape index (κ3) is 3.83. The topological polar surface area (TPSA) is 30.5 Å². The van der Waals surface area contributed by atoms with Crippen molar-refractivity contribution < 1.29 is 9.47 Å². The summed E-state index contributed by atoms with van der Waals surface area (Å²) in [5, 5.41) is 3.92. The Morgan fingerprint density at radius 3 is 2.57 bits per heavy atom. The molecule has 0 bridgehead atoms. The number of methoxy groups -OCH3 is 2. The lowest BCUT2D eigenvalue weighted by Gasteiger charge is -2.13. The molecule has 0 aliphatic carbocycles. The molecule has 0 saturated carbocycles. The van der Waals surface area contributed by atoms with E-state index in [9.17, 15) is 0 Å². The largest absolute Gasteiger partial charge is 0.493 e. The van der Waals surface area contributed by atoms with Crippen LogP contribution in [0.3, 0.4) is 0 Å². The lowest BCUT2D eigenvalue weighted by atomic mass is 10.1. The van der Waals surface area contributed by atoms with Crippen molar-refractivity contribution in [1.82, 2.24) is 0 Å². The number of hydrogen-bond donors (Lipinski definition) is 1. The van der Waals surface area contributed by atoms with Gasteiger partial charge in [0.05, 0.1) is 19.2 Å². The van der Waals surface area contributed by atoms with Gasteiger partial charge in [0.2, 0.25) is 0 Å². The Labute approximate surface area is 138 Å². The maximum atomic E-state index is 6.21. The first-order valence-corrected chi connectivity index (χ1v) is 7.62. The van der Waals surface area contributed by atoms with Gasteiger partial charge in [-0.2, -0.15) is 0 Å². The van der Waals surface area contributed by atoms with E-state index < -0.39 is 0 Å². The Hall–Kier alpha value is -1.39. The monoisotopic (exact) mass is 369 g/mol. The molecule has 0 aliphatic heterocycles. The zero-order valence-corrected chi connectivity index (χ0v) is 14.5. The van der Waals surface area contributed by atoms with Gasteiger partial charge in [0.25, 0.3) is 0 Å². The summed E-state index contributed by atoms with van der Waals surface area (Å²) in [7, 11) is 3.17. The Bertz CT molecular complexity index is 646. The van der Waals surface area contributed by atoms with E-state index in [1.54, 1.807) is 14.2 Å². The first-order valence-electron chi connectivity index (χ1n) is 6.45. The standard InChI is InChI=1S/C16H17BrClNO2/c1-10-4-5-12(17)14(6-10)19-9-11-7-13(18)16(21-3)15(8-11)20-2/h4-8,19H,9H2,1-3H3. The Balaban J connectivity index is 2.20. The maximum Gasteiger partial charge on any atom is 0.179 e. The predicted octanol–water partition coefficient (Wildman–Crippen LogP) is 5.04. The number of halogens is 2. The van der Waals surface area contributed by atoms with Crippen LogP contribution in [0.2, 0.25) is 5.02 Å². The van der Waals surface area contributed by atoms with E-state index in [2.05, 4.69) is 40.3 Å². The van der Waals surface area contributed by atoms with Gasteiger partial charge in [-0.15, -0.1) is 0 Å². The molecule has 0 atom stereocenters. The average Bonchev–Trinajstić information content (AvgIpc) is 2.47. The molecule has 2 rings (SSSR count). The molecule has 1 N–H and O–H groups in total. The number of anilines is 1. The molecule has 0 aliphatic rings. The van der Waals surface area contributed by atoms with Crippen LogP contribution in [-0.4, -0.2) is 14.2 Å². The van der Waals surface area contributed by atoms with Crippen molar-refractivity contribution in [1.29, 1.82) is 0 Å². The molecule has 112 valence electrons. The molecule has 0 fully saturated rings. The quantitative estimate of drug-likeness (QED) is 0.800. The third-order valence-electron chi connectivity index (χ3n) is 3.10. The second-order valence-corrected chi connectivity index (χ2v) is 5.91. The Morgan fingerprint density at radius 1 is 1.14 bits per heavy atom. The van der Waals surface area contributed by atoms with Crippen molar-refractivity contribution in [2.24, 2.45) is 0 Å². The summed E-state index contributed by atoms with van der Waals surface area (Å²) in [6, 6.07) is 9.97. The van der Waals surface area contributed by atoms with Crippen molar-refractivity contribution in [2.75, 3.05) is 19.5 Å². The summed E-state index contributed by atoms with van der Waals surface area (Å²) in [6.07, 6.45) is 0. The van der Waals surface area contributed by atoms with Gasteiger partial charge >= 0.3 is 0 Å². The van der Waals surface area contributed by atoms with Crippen LogP contribution in [0, 0.1) is 6.92 Å². The molecule has 0 aromatic heterocycles. The highest BCUT2D eigenvalue weighted by Gasteiger charge is 2.11. The number of rotatable bonds is 5. The van der Waals surface area contributed by atoms with E-state index in [1.807, 2.05) is 18.2 Å². The fraction of sp³-hybridized carbons (Fsp3) is 0.250. The zero-order valence-electron chi connectivity index (χ0n) is 12.2. The minimum absolute atomic E-state index is 0.539. The molecule has 5 heteroatoms. The smallest absolute Gasteiger partial charge is 0.179 e. The molecule has 0 amide bonds. The van der Waals surface area contributed by atoms with Gasteiger partial charge < -0.3 is 14.8 Å². The van der Waals surface area contributed by atoms with Crippen LogP contribution in [0.15, 0.2) is 34.8 Å². The van der Waals surface area contributed by atoms with Crippen LogP contribution in [0.1, 0.15) is 11.1 Å². The van der Waals surface area contributed by atoms with Crippen LogP contribution >= 0.6 is 27.5 Å². The molecule has 0 radical (unpaired) electrons. The van der Waals surface area contributed by atoms with E-state index in [0.29, 0.717) is 23.1 Å². The Morgan fingerprint density at radius 2 is 1.90 bits per heavy atom. The predicted molar refractivity (Wildman–Crippen MR) is 90.8 cm³/mol. The van der Waals surface area contributed by atoms with Crippen LogP contribution in [0.25, 0.3) is 0 Å². The van der Waals surface area contributed by atoms with Gasteiger partial charge in [-0.1, -0.05) is 17.7 Å². The van der Waals surface area contributed by atoms with Crippen LogP contribution in [-0.2, 0) is 6.54 Å². The van der Waals surface area contributed by atoms with Crippen LogP contribution in [0.4, 0.5) is 5.69 Å². The highest BCUT2D eigenvalue weighted by molar-refractivity contribution is 9.10. The first-order chi connectivity index (χ1) is 10.0. The number of ether oxygens (including phenoxy) is 2. The summed E-state index contributed by atoms with van der Waals surface area (Å²) < 4.78 is 11.6. The van der Waals surface area contributed by atoms with Crippen molar-refractivity contribution in [2.45, 2.75) is 13.5 Å². The SMILES string of the molecule is COc1cc(CNc2cc(C)ccc2Br)cc(Cl)c1OC. The lowest BCUT2D eigenvalue weighted by molar-refractivity contribution is 0.355. The lowest BCUT2D eigenvalue weighted by Crippen LogP contribution is -2.02. The number of nitrogens with one attached hydrogen (secondary N) is 1. The minimum Gasteiger partial charge on any atom is -0.493 e. The summed E-state index contributed by atoms with van der Waals surface area (Å²) in [5.74, 6) is 1.18. The molecular weight excluding hydrogens is 354 g/mol. The van der Waals surface area contributed by atoms with E-state index >= 15 is 0 Å². The number of benzene rings is 2. The highest BCUT2D eigenvalue weighted by Crippen LogP contribution is 2.36. The zero-order chi connectivity index (χ0) is 15.4. The fourth-order valence-corrected chi connectivity index (χ4v) is 2.74. The Kier molecular flexibility index (Phi) is 5.37. The summed E-state index contributed by atoms with van der Waals surface area (Å²) in [5.41, 5.74) is 3.26. The van der Waals surface area contributed by atoms with Gasteiger partial charge in [-0.05, 0) is 58.2 Å². The van der Waals surface area contributed by atoms with Crippen molar-refractivity contribution in [3.8, 4) is 11.5 Å². The van der Waals surface area contributed by atoms with Crippen molar-refractivity contribution in [3.63, 3.8) is 0 Å². The summed E-state index contributed by atoms with van der Waals surface area (Å²) in [4.78, 5) is 0. The molecule has 0 spiro atoms. The minimum atomic E-state index is 0.539. The second kappa shape index (κ2) is 7.05. The number of aryl methyl sites for hydroxylation is 1. The second-order valence-electron chi connectivity index (χ2n) is 4.65. The molecule has 21 heavy (non-hydrogen) atoms. The van der Waals surface area contributed by atoms with Gasteiger partial charge in [-0.3, -0.25) is 0 Å². The molecular formula is C16H17BrClNO2. The van der Waals surface area contributed by atoms with Gasteiger partial charge in [0, 0.05) is 16.7 Å². The number of hydrogen-bond acceptors (Lipinski definition) is 3. The maximum absolute atomic E-state index is 6.21. The van der Waals surface area contributed by atoms with E-state index in [1.165, 1.54) is 5.56 Å². The van der Waals surface area contributed by atoms with Crippen molar-refractivity contribution in [3.05, 3.63) is 51.0 Å². The van der Waals surface area contributed by atoms with E-state index in [-0.39, 0.29) is 0 Å². The third-order valence-corrected chi connectivity index (χ3v) is 4.07. The highest BCUT2D eigenvalue weighted by atomic mass is 79.9. The molecule has 0 heterocycles. The summed E-state index contributed by atoms with van der Waals surface area (Å²) in [6.45, 7) is 2.70.